The van der Waals surface area contributed by atoms with E-state index in [1.807, 2.05) is 22.8 Å². The summed E-state index contributed by atoms with van der Waals surface area (Å²) >= 11 is 1.87. The predicted molar refractivity (Wildman–Crippen MR) is 154 cm³/mol. The molecule has 1 atom stereocenters. The number of likely N-dealkylation sites (N-methyl/N-ethyl adjacent to an activating group) is 1. The zero-order valence-corrected chi connectivity index (χ0v) is 24.0. The highest BCUT2D eigenvalue weighted by Crippen LogP contribution is 2.46. The van der Waals surface area contributed by atoms with Gasteiger partial charge >= 0.3 is 0 Å². The van der Waals surface area contributed by atoms with Gasteiger partial charge in [-0.05, 0) is 90.9 Å². The number of methoxy groups -OCH3 is 1. The maximum absolute atomic E-state index is 13.6. The summed E-state index contributed by atoms with van der Waals surface area (Å²) in [5, 5.41) is 4.73. The zero-order chi connectivity index (χ0) is 26.9. The molecule has 0 spiro atoms. The number of nitrogens with zero attached hydrogens (tertiary/aromatic N) is 4. The molecule has 2 heterocycles. The third-order valence-electron chi connectivity index (χ3n) is 7.79. The molecule has 0 N–H and O–H groups in total. The molecule has 1 aliphatic heterocycles. The Morgan fingerprint density at radius 3 is 2.53 bits per heavy atom. The Balaban J connectivity index is 1.42. The normalized spacial score (nSPS) is 19.8. The van der Waals surface area contributed by atoms with Crippen molar-refractivity contribution < 1.29 is 9.13 Å². The molecular formula is C31H39FN4OS. The first-order valence-electron chi connectivity index (χ1n) is 13.4. The Bertz CT molecular complexity index is 1280. The van der Waals surface area contributed by atoms with Crippen molar-refractivity contribution in [2.24, 2.45) is 5.41 Å². The fourth-order valence-electron chi connectivity index (χ4n) is 5.72. The molecule has 0 bridgehead atoms. The molecular weight excluding hydrogens is 495 g/mol. The molecule has 5 nitrogen and oxygen atoms in total. The van der Waals surface area contributed by atoms with Crippen LogP contribution < -0.4 is 0 Å². The fourth-order valence-corrected chi connectivity index (χ4v) is 6.77. The van der Waals surface area contributed by atoms with E-state index in [0.717, 1.165) is 57.0 Å². The van der Waals surface area contributed by atoms with E-state index >= 15 is 0 Å². The molecule has 1 unspecified atom stereocenters. The topological polar surface area (TPSA) is 33.5 Å². The van der Waals surface area contributed by atoms with E-state index in [1.54, 1.807) is 19.2 Å². The summed E-state index contributed by atoms with van der Waals surface area (Å²) in [6.07, 6.45) is 6.31. The standard InChI is InChI=1S/C31H39FN4OS/c1-30(2,3)24-6-12-28(13-7-24)38-35-15-14-25-18-29-23(19-31(25,22-35)21-34(4)16-17-37-5)20-33-36(29)27-10-8-26(32)9-11-27/h6-13,18,20H,14-17,19,21-22H2,1-5H3. The van der Waals surface area contributed by atoms with Gasteiger partial charge in [0.25, 0.3) is 0 Å². The van der Waals surface area contributed by atoms with Crippen molar-refractivity contribution in [3.05, 3.63) is 82.9 Å². The molecule has 0 amide bonds. The maximum atomic E-state index is 13.6. The number of piperidine rings is 1. The number of rotatable bonds is 8. The molecule has 1 fully saturated rings. The lowest BCUT2D eigenvalue weighted by Gasteiger charge is -2.48. The molecule has 38 heavy (non-hydrogen) atoms. The minimum Gasteiger partial charge on any atom is -0.383 e. The Hall–Kier alpha value is -2.45. The van der Waals surface area contributed by atoms with E-state index in [1.165, 1.54) is 33.7 Å². The summed E-state index contributed by atoms with van der Waals surface area (Å²) < 4.78 is 23.4. The number of ether oxygens (including phenoxy) is 1. The van der Waals surface area contributed by atoms with E-state index < -0.39 is 0 Å². The van der Waals surface area contributed by atoms with Crippen molar-refractivity contribution in [3.63, 3.8) is 0 Å². The molecule has 3 aromatic rings. The van der Waals surface area contributed by atoms with E-state index in [9.17, 15) is 4.39 Å². The smallest absolute Gasteiger partial charge is 0.123 e. The SMILES string of the molecule is COCCN(C)CC12Cc3cnn(-c4ccc(F)cc4)c3C=C1CCN(Sc1ccc(C(C)(C)C)cc1)C2. The van der Waals surface area contributed by atoms with Crippen molar-refractivity contribution in [3.8, 4) is 5.69 Å². The van der Waals surface area contributed by atoms with Crippen LogP contribution in [-0.2, 0) is 16.6 Å². The van der Waals surface area contributed by atoms with Crippen LogP contribution in [0.4, 0.5) is 4.39 Å². The highest BCUT2D eigenvalue weighted by Gasteiger charge is 2.44. The molecule has 7 heteroatoms. The molecule has 1 aromatic heterocycles. The first-order chi connectivity index (χ1) is 18.2. The quantitative estimate of drug-likeness (QED) is 0.320. The monoisotopic (exact) mass is 534 g/mol. The molecule has 202 valence electrons. The van der Waals surface area contributed by atoms with Crippen LogP contribution in [0, 0.1) is 11.2 Å². The molecule has 0 radical (unpaired) electrons. The van der Waals surface area contributed by atoms with Crippen molar-refractivity contribution in [1.82, 2.24) is 19.0 Å². The Kier molecular flexibility index (Phi) is 7.83. The van der Waals surface area contributed by atoms with Gasteiger partial charge in [0.2, 0.25) is 0 Å². The second kappa shape index (κ2) is 11.0. The van der Waals surface area contributed by atoms with Gasteiger partial charge in [-0.25, -0.2) is 13.4 Å². The Labute approximate surface area is 230 Å². The van der Waals surface area contributed by atoms with E-state index in [-0.39, 0.29) is 16.6 Å². The van der Waals surface area contributed by atoms with Gasteiger partial charge in [-0.1, -0.05) is 38.5 Å². The van der Waals surface area contributed by atoms with E-state index in [2.05, 4.69) is 67.4 Å². The average Bonchev–Trinajstić information content (AvgIpc) is 3.28. The minimum absolute atomic E-state index is 0.00273. The summed E-state index contributed by atoms with van der Waals surface area (Å²) in [5.74, 6) is -0.232. The number of fused-ring (bicyclic) bond motifs is 2. The van der Waals surface area contributed by atoms with Crippen molar-refractivity contribution >= 4 is 18.0 Å². The van der Waals surface area contributed by atoms with Crippen LogP contribution in [0.15, 0.2) is 65.2 Å². The van der Waals surface area contributed by atoms with Crippen LogP contribution in [0.2, 0.25) is 0 Å². The lowest BCUT2D eigenvalue weighted by molar-refractivity contribution is 0.116. The van der Waals surface area contributed by atoms with Crippen molar-refractivity contribution in [2.75, 3.05) is 46.9 Å². The third kappa shape index (κ3) is 5.76. The van der Waals surface area contributed by atoms with Crippen LogP contribution >= 0.6 is 11.9 Å². The van der Waals surface area contributed by atoms with Gasteiger partial charge in [0.15, 0.2) is 0 Å². The van der Waals surface area contributed by atoms with Crippen molar-refractivity contribution in [1.29, 1.82) is 0 Å². The predicted octanol–water partition coefficient (Wildman–Crippen LogP) is 6.23. The average molecular weight is 535 g/mol. The zero-order valence-electron chi connectivity index (χ0n) is 23.2. The molecule has 1 aliphatic carbocycles. The first-order valence-corrected chi connectivity index (χ1v) is 14.2. The molecule has 0 saturated carbocycles. The summed E-state index contributed by atoms with van der Waals surface area (Å²) in [6.45, 7) is 11.3. The lowest BCUT2D eigenvalue weighted by atomic mass is 9.68. The maximum Gasteiger partial charge on any atom is 0.123 e. The van der Waals surface area contributed by atoms with Gasteiger partial charge in [0, 0.05) is 43.6 Å². The molecule has 2 aromatic carbocycles. The summed E-state index contributed by atoms with van der Waals surface area (Å²) in [5.41, 5.74) is 6.27. The molecule has 1 saturated heterocycles. The van der Waals surface area contributed by atoms with Crippen LogP contribution in [0.25, 0.3) is 11.8 Å². The van der Waals surface area contributed by atoms with E-state index in [4.69, 9.17) is 9.84 Å². The van der Waals surface area contributed by atoms with Gasteiger partial charge in [-0.15, -0.1) is 0 Å². The van der Waals surface area contributed by atoms with Crippen LogP contribution in [-0.4, -0.2) is 65.9 Å². The summed E-state index contributed by atoms with van der Waals surface area (Å²) in [6, 6.07) is 15.7. The number of hydrogen-bond acceptors (Lipinski definition) is 5. The van der Waals surface area contributed by atoms with Crippen LogP contribution in [0.3, 0.4) is 0 Å². The Morgan fingerprint density at radius 2 is 1.84 bits per heavy atom. The van der Waals surface area contributed by atoms with Gasteiger partial charge in [-0.2, -0.15) is 5.10 Å². The molecule has 5 rings (SSSR count). The van der Waals surface area contributed by atoms with Crippen LogP contribution in [0.1, 0.15) is 44.0 Å². The van der Waals surface area contributed by atoms with Gasteiger partial charge in [-0.3, -0.25) is 0 Å². The van der Waals surface area contributed by atoms with E-state index in [0.29, 0.717) is 0 Å². The number of halogens is 1. The first kappa shape index (κ1) is 27.1. The van der Waals surface area contributed by atoms with Gasteiger partial charge in [0.05, 0.1) is 24.2 Å². The fraction of sp³-hybridized carbons (Fsp3) is 0.452. The molecule has 2 aliphatic rings. The Morgan fingerprint density at radius 1 is 1.11 bits per heavy atom. The second-order valence-corrected chi connectivity index (χ2v) is 13.0. The summed E-state index contributed by atoms with van der Waals surface area (Å²) in [7, 11) is 3.96. The van der Waals surface area contributed by atoms with Gasteiger partial charge in [0.1, 0.15) is 5.82 Å². The summed E-state index contributed by atoms with van der Waals surface area (Å²) in [4.78, 5) is 3.69. The van der Waals surface area contributed by atoms with Crippen molar-refractivity contribution in [2.45, 2.75) is 43.9 Å². The number of aromatic nitrogens is 2. The minimum atomic E-state index is -0.232. The highest BCUT2D eigenvalue weighted by atomic mass is 32.2. The van der Waals surface area contributed by atoms with Gasteiger partial charge < -0.3 is 9.64 Å². The second-order valence-electron chi connectivity index (χ2n) is 11.8. The largest absolute Gasteiger partial charge is 0.383 e. The third-order valence-corrected chi connectivity index (χ3v) is 8.85. The van der Waals surface area contributed by atoms with Crippen LogP contribution in [0.5, 0.6) is 0 Å². The number of hydrogen-bond donors (Lipinski definition) is 0. The highest BCUT2D eigenvalue weighted by molar-refractivity contribution is 7.97. The number of benzene rings is 2. The lowest BCUT2D eigenvalue weighted by Crippen LogP contribution is -2.50.